The monoisotopic (exact) mass is 319 g/mol. The van der Waals surface area contributed by atoms with Gasteiger partial charge in [-0.3, -0.25) is 9.52 Å². The summed E-state index contributed by atoms with van der Waals surface area (Å²) in [4.78, 5) is 12.0. The molecule has 0 aromatic heterocycles. The number of likely N-dealkylation sites (N-methyl/N-ethyl adjacent to an activating group) is 1. The van der Waals surface area contributed by atoms with E-state index in [0.717, 1.165) is 6.26 Å². The van der Waals surface area contributed by atoms with Gasteiger partial charge in [0.15, 0.2) is 0 Å². The Labute approximate surface area is 123 Å². The molecule has 0 heterocycles. The summed E-state index contributed by atoms with van der Waals surface area (Å²) in [5.41, 5.74) is -0.105. The van der Waals surface area contributed by atoms with Crippen LogP contribution >= 0.6 is 11.6 Å². The molecule has 1 aromatic carbocycles. The Hall–Kier alpha value is -1.31. The summed E-state index contributed by atoms with van der Waals surface area (Å²) in [5.74, 6) is -0.279. The van der Waals surface area contributed by atoms with Crippen LogP contribution in [0.4, 0.5) is 11.4 Å². The highest BCUT2D eigenvalue weighted by atomic mass is 35.5. The summed E-state index contributed by atoms with van der Waals surface area (Å²) in [6.45, 7) is 3.43. The van der Waals surface area contributed by atoms with E-state index in [4.69, 9.17) is 11.6 Å². The molecule has 0 spiro atoms. The van der Waals surface area contributed by atoms with E-state index >= 15 is 0 Å². The maximum absolute atomic E-state index is 12.0. The van der Waals surface area contributed by atoms with Gasteiger partial charge in [-0.1, -0.05) is 11.6 Å². The molecule has 0 bridgehead atoms. The summed E-state index contributed by atoms with van der Waals surface area (Å²) in [5, 5.41) is 5.85. The van der Waals surface area contributed by atoms with E-state index in [1.807, 2.05) is 0 Å². The molecule has 20 heavy (non-hydrogen) atoms. The molecule has 1 aromatic rings. The summed E-state index contributed by atoms with van der Waals surface area (Å²) in [7, 11) is -1.72. The van der Waals surface area contributed by atoms with Crippen molar-refractivity contribution in [3.05, 3.63) is 23.2 Å². The zero-order valence-electron chi connectivity index (χ0n) is 11.7. The second kappa shape index (κ2) is 5.99. The Morgan fingerprint density at radius 2 is 1.90 bits per heavy atom. The van der Waals surface area contributed by atoms with Crippen LogP contribution in [0.2, 0.25) is 5.02 Å². The smallest absolute Gasteiger partial charge is 0.244 e. The van der Waals surface area contributed by atoms with Crippen molar-refractivity contribution in [2.24, 2.45) is 0 Å². The van der Waals surface area contributed by atoms with Gasteiger partial charge in [-0.15, -0.1) is 0 Å². The maximum Gasteiger partial charge on any atom is 0.244 e. The van der Waals surface area contributed by atoms with E-state index in [1.54, 1.807) is 20.9 Å². The fourth-order valence-electron chi connectivity index (χ4n) is 1.29. The van der Waals surface area contributed by atoms with Crippen LogP contribution in [0, 0.1) is 0 Å². The third-order valence-corrected chi connectivity index (χ3v) is 3.65. The van der Waals surface area contributed by atoms with E-state index in [0.29, 0.717) is 16.4 Å². The number of carbonyl (C=O) groups is 1. The van der Waals surface area contributed by atoms with E-state index in [-0.39, 0.29) is 5.91 Å². The van der Waals surface area contributed by atoms with E-state index in [2.05, 4.69) is 15.4 Å². The molecule has 6 nitrogen and oxygen atoms in total. The van der Waals surface area contributed by atoms with Crippen molar-refractivity contribution in [2.45, 2.75) is 19.4 Å². The molecule has 112 valence electrons. The maximum atomic E-state index is 12.0. The number of anilines is 2. The average molecular weight is 320 g/mol. The van der Waals surface area contributed by atoms with Crippen LogP contribution in [0.5, 0.6) is 0 Å². The van der Waals surface area contributed by atoms with Gasteiger partial charge in [0, 0.05) is 0 Å². The van der Waals surface area contributed by atoms with Crippen molar-refractivity contribution in [2.75, 3.05) is 23.3 Å². The Bertz CT molecular complexity index is 614. The number of amides is 1. The summed E-state index contributed by atoms with van der Waals surface area (Å²) < 4.78 is 24.7. The van der Waals surface area contributed by atoms with Crippen molar-refractivity contribution < 1.29 is 13.2 Å². The molecule has 0 unspecified atom stereocenters. The number of hydrogen-bond donors (Lipinski definition) is 3. The standard InChI is InChI=1S/C12H18ClN3O3S/c1-12(2,14-3)11(17)15-10-7-8(5-6-9(10)13)16-20(4,18)19/h5-7,14,16H,1-4H3,(H,15,17). The molecular formula is C12H18ClN3O3S. The Morgan fingerprint density at radius 1 is 1.30 bits per heavy atom. The third kappa shape index (κ3) is 4.66. The molecule has 0 aliphatic rings. The van der Waals surface area contributed by atoms with Gasteiger partial charge in [-0.05, 0) is 39.1 Å². The predicted molar refractivity (Wildman–Crippen MR) is 81.7 cm³/mol. The SMILES string of the molecule is CNC(C)(C)C(=O)Nc1cc(NS(C)(=O)=O)ccc1Cl. The van der Waals surface area contributed by atoms with Crippen LogP contribution in [0.3, 0.4) is 0 Å². The van der Waals surface area contributed by atoms with Crippen molar-refractivity contribution in [3.8, 4) is 0 Å². The Kier molecular flexibility index (Phi) is 5.01. The molecule has 8 heteroatoms. The van der Waals surface area contributed by atoms with Gasteiger partial charge in [-0.25, -0.2) is 8.42 Å². The lowest BCUT2D eigenvalue weighted by atomic mass is 10.1. The predicted octanol–water partition coefficient (Wildman–Crippen LogP) is 1.65. The highest BCUT2D eigenvalue weighted by Gasteiger charge is 2.25. The fourth-order valence-corrected chi connectivity index (χ4v) is 2.01. The number of halogens is 1. The molecule has 0 atom stereocenters. The van der Waals surface area contributed by atoms with Crippen LogP contribution in [0.15, 0.2) is 18.2 Å². The van der Waals surface area contributed by atoms with Crippen LogP contribution < -0.4 is 15.4 Å². The minimum absolute atomic E-state index is 0.279. The first-order valence-corrected chi connectivity index (χ1v) is 8.10. The van der Waals surface area contributed by atoms with Crippen LogP contribution in [-0.2, 0) is 14.8 Å². The van der Waals surface area contributed by atoms with Crippen molar-refractivity contribution in [3.63, 3.8) is 0 Å². The fraction of sp³-hybridized carbons (Fsp3) is 0.417. The van der Waals surface area contributed by atoms with Gasteiger partial charge in [0.2, 0.25) is 15.9 Å². The second-order valence-electron chi connectivity index (χ2n) is 4.90. The van der Waals surface area contributed by atoms with Crippen LogP contribution in [0.1, 0.15) is 13.8 Å². The Balaban J connectivity index is 3.01. The number of nitrogens with one attached hydrogen (secondary N) is 3. The number of rotatable bonds is 5. The average Bonchev–Trinajstić information content (AvgIpc) is 2.31. The van der Waals surface area contributed by atoms with Gasteiger partial charge in [-0.2, -0.15) is 0 Å². The summed E-state index contributed by atoms with van der Waals surface area (Å²) in [6.07, 6.45) is 1.05. The highest BCUT2D eigenvalue weighted by Crippen LogP contribution is 2.26. The highest BCUT2D eigenvalue weighted by molar-refractivity contribution is 7.92. The van der Waals surface area contributed by atoms with E-state index in [1.165, 1.54) is 18.2 Å². The van der Waals surface area contributed by atoms with Gasteiger partial charge < -0.3 is 10.6 Å². The molecule has 1 amide bonds. The Morgan fingerprint density at radius 3 is 2.40 bits per heavy atom. The first-order chi connectivity index (χ1) is 9.05. The summed E-state index contributed by atoms with van der Waals surface area (Å²) >= 11 is 5.99. The van der Waals surface area contributed by atoms with Gasteiger partial charge in [0.1, 0.15) is 0 Å². The van der Waals surface area contributed by atoms with Gasteiger partial charge in [0.25, 0.3) is 0 Å². The molecule has 0 saturated heterocycles. The first kappa shape index (κ1) is 16.7. The lowest BCUT2D eigenvalue weighted by molar-refractivity contribution is -0.121. The van der Waals surface area contributed by atoms with E-state index < -0.39 is 15.6 Å². The number of carbonyl (C=O) groups excluding carboxylic acids is 1. The molecule has 1 rings (SSSR count). The van der Waals surface area contributed by atoms with Crippen molar-refractivity contribution >= 4 is 38.9 Å². The van der Waals surface area contributed by atoms with Crippen LogP contribution in [-0.4, -0.2) is 33.2 Å². The third-order valence-electron chi connectivity index (χ3n) is 2.71. The zero-order chi connectivity index (χ0) is 15.6. The minimum atomic E-state index is -3.39. The van der Waals surface area contributed by atoms with Crippen LogP contribution in [0.25, 0.3) is 0 Å². The zero-order valence-corrected chi connectivity index (χ0v) is 13.3. The molecule has 0 radical (unpaired) electrons. The topological polar surface area (TPSA) is 87.3 Å². The molecule has 0 saturated carbocycles. The first-order valence-electron chi connectivity index (χ1n) is 5.83. The molecule has 0 aliphatic heterocycles. The molecular weight excluding hydrogens is 302 g/mol. The molecule has 0 aliphatic carbocycles. The van der Waals surface area contributed by atoms with Crippen molar-refractivity contribution in [1.82, 2.24) is 5.32 Å². The van der Waals surface area contributed by atoms with E-state index in [9.17, 15) is 13.2 Å². The van der Waals surface area contributed by atoms with Gasteiger partial charge >= 0.3 is 0 Å². The largest absolute Gasteiger partial charge is 0.323 e. The second-order valence-corrected chi connectivity index (χ2v) is 7.05. The normalized spacial score (nSPS) is 12.1. The number of sulfonamides is 1. The summed E-state index contributed by atoms with van der Waals surface area (Å²) in [6, 6.07) is 4.49. The minimum Gasteiger partial charge on any atom is -0.323 e. The lowest BCUT2D eigenvalue weighted by Crippen LogP contribution is -2.47. The molecule has 3 N–H and O–H groups in total. The number of benzene rings is 1. The number of hydrogen-bond acceptors (Lipinski definition) is 4. The molecule has 0 fully saturated rings. The van der Waals surface area contributed by atoms with Gasteiger partial charge in [0.05, 0.1) is 28.2 Å². The lowest BCUT2D eigenvalue weighted by Gasteiger charge is -2.23. The van der Waals surface area contributed by atoms with Crippen molar-refractivity contribution in [1.29, 1.82) is 0 Å². The quantitative estimate of drug-likeness (QED) is 0.770.